The van der Waals surface area contributed by atoms with Crippen molar-refractivity contribution in [1.29, 1.82) is 0 Å². The van der Waals surface area contributed by atoms with Crippen molar-refractivity contribution in [2.45, 2.75) is 11.5 Å². The summed E-state index contributed by atoms with van der Waals surface area (Å²) in [5.74, 6) is -1.96. The van der Waals surface area contributed by atoms with Gasteiger partial charge in [-0.25, -0.2) is 9.59 Å². The van der Waals surface area contributed by atoms with Crippen LogP contribution < -0.4 is 0 Å². The second-order valence-electron chi connectivity index (χ2n) is 1.72. The van der Waals surface area contributed by atoms with Gasteiger partial charge < -0.3 is 10.2 Å². The van der Waals surface area contributed by atoms with Crippen LogP contribution in [-0.4, -0.2) is 26.7 Å². The quantitative estimate of drug-likeness (QED) is 0.336. The van der Waals surface area contributed by atoms with Gasteiger partial charge in [-0.15, -0.1) is 0 Å². The lowest BCUT2D eigenvalue weighted by molar-refractivity contribution is -0.132. The third-order valence-corrected chi connectivity index (χ3v) is 0.349. The van der Waals surface area contributed by atoms with E-state index in [9.17, 15) is 9.59 Å². The van der Waals surface area contributed by atoms with E-state index in [2.05, 4.69) is 38.4 Å². The third-order valence-electron chi connectivity index (χ3n) is 0.349. The molecule has 0 unspecified atom stereocenters. The second kappa shape index (κ2) is 14.6. The first kappa shape index (κ1) is 18.8. The monoisotopic (exact) mass is 238 g/mol. The average molecular weight is 238 g/mol. The lowest BCUT2D eigenvalue weighted by Gasteiger charge is -1.78. The largest absolute Gasteiger partial charge is 0.478 e. The topological polar surface area (TPSA) is 74.6 Å². The van der Waals surface area contributed by atoms with E-state index in [-0.39, 0.29) is 4.58 Å². The summed E-state index contributed by atoms with van der Waals surface area (Å²) in [5, 5.41) is 15.2. The van der Waals surface area contributed by atoms with Gasteiger partial charge in [-0.3, -0.25) is 0 Å². The van der Waals surface area contributed by atoms with Crippen molar-refractivity contribution in [2.24, 2.45) is 0 Å². The number of hydrogen-bond donors (Lipinski definition) is 4. The fraction of sp³-hybridized carbons (Fsp3) is 0.250. The van der Waals surface area contributed by atoms with Crippen molar-refractivity contribution in [2.75, 3.05) is 0 Å². The van der Waals surface area contributed by atoms with Gasteiger partial charge in [-0.1, -0.05) is 13.2 Å². The molecule has 0 aliphatic rings. The average Bonchev–Trinajstić information content (AvgIpc) is 2.04. The highest BCUT2D eigenvalue weighted by Gasteiger charge is 1.73. The molecule has 0 spiro atoms. The van der Waals surface area contributed by atoms with Crippen LogP contribution in [0.2, 0.25) is 0 Å². The predicted octanol–water partition coefficient (Wildman–Crippen LogP) is 1.71. The van der Waals surface area contributed by atoms with Gasteiger partial charge in [0.1, 0.15) is 0 Å². The Morgan fingerprint density at radius 3 is 1.21 bits per heavy atom. The lowest BCUT2D eigenvalue weighted by Crippen LogP contribution is -1.82. The van der Waals surface area contributed by atoms with Crippen LogP contribution in [0.3, 0.4) is 0 Å². The number of carbonyl (C=O) groups is 2. The normalized spacial score (nSPS) is 7.14. The summed E-state index contributed by atoms with van der Waals surface area (Å²) in [4.78, 5) is 18.5. The maximum absolute atomic E-state index is 9.25. The zero-order valence-corrected chi connectivity index (χ0v) is 9.54. The molecule has 0 saturated heterocycles. The van der Waals surface area contributed by atoms with E-state index in [1.807, 2.05) is 6.92 Å². The molecule has 0 radical (unpaired) electrons. The molecule has 0 fully saturated rings. The maximum atomic E-state index is 9.25. The Labute approximate surface area is 94.1 Å². The molecule has 0 aliphatic carbocycles. The molecule has 0 aliphatic heterocycles. The summed E-state index contributed by atoms with van der Waals surface area (Å²) in [6.45, 7) is 7.82. The number of rotatable bonds is 2. The minimum atomic E-state index is -0.981. The summed E-state index contributed by atoms with van der Waals surface area (Å²) < 4.78 is 0.222. The minimum Gasteiger partial charge on any atom is -0.478 e. The minimum absolute atomic E-state index is 0.222. The highest BCUT2D eigenvalue weighted by atomic mass is 32.2. The SMILES string of the molecule is C=CC(=O)O.C=CC(=O)O.CC(S)S. The fourth-order valence-electron chi connectivity index (χ4n) is 0. The van der Waals surface area contributed by atoms with Crippen molar-refractivity contribution >= 4 is 37.2 Å². The molecule has 0 rings (SSSR count). The molecule has 0 aromatic heterocycles. The summed E-state index contributed by atoms with van der Waals surface area (Å²) in [5.41, 5.74) is 0. The van der Waals surface area contributed by atoms with E-state index in [0.717, 1.165) is 12.2 Å². The van der Waals surface area contributed by atoms with Gasteiger partial charge in [0.05, 0.1) is 0 Å². The molecule has 0 saturated carbocycles. The van der Waals surface area contributed by atoms with E-state index in [4.69, 9.17) is 10.2 Å². The lowest BCUT2D eigenvalue weighted by atomic mass is 10.7. The van der Waals surface area contributed by atoms with E-state index in [0.29, 0.717) is 0 Å². The van der Waals surface area contributed by atoms with Gasteiger partial charge in [0.2, 0.25) is 0 Å². The molecule has 0 atom stereocenters. The molecule has 0 aromatic rings. The number of carboxylic acid groups (broad SMARTS) is 2. The Morgan fingerprint density at radius 2 is 1.21 bits per heavy atom. The molecule has 0 heterocycles. The van der Waals surface area contributed by atoms with E-state index in [1.54, 1.807) is 0 Å². The Balaban J connectivity index is -0.000000131. The number of carboxylic acids is 2. The van der Waals surface area contributed by atoms with E-state index in [1.165, 1.54) is 0 Å². The first-order valence-corrected chi connectivity index (χ1v) is 4.38. The van der Waals surface area contributed by atoms with Gasteiger partial charge in [0.25, 0.3) is 0 Å². The van der Waals surface area contributed by atoms with Crippen LogP contribution in [0.4, 0.5) is 0 Å². The van der Waals surface area contributed by atoms with Gasteiger partial charge >= 0.3 is 11.9 Å². The zero-order valence-electron chi connectivity index (χ0n) is 7.75. The van der Waals surface area contributed by atoms with Crippen LogP contribution in [0.25, 0.3) is 0 Å². The van der Waals surface area contributed by atoms with Gasteiger partial charge in [-0.05, 0) is 6.92 Å². The van der Waals surface area contributed by atoms with Crippen LogP contribution >= 0.6 is 25.3 Å². The van der Waals surface area contributed by atoms with Gasteiger partial charge in [0.15, 0.2) is 0 Å². The van der Waals surface area contributed by atoms with Crippen molar-refractivity contribution in [1.82, 2.24) is 0 Å². The Kier molecular flexibility index (Phi) is 19.7. The predicted molar refractivity (Wildman–Crippen MR) is 63.1 cm³/mol. The first-order valence-electron chi connectivity index (χ1n) is 3.34. The second-order valence-corrected chi connectivity index (χ2v) is 3.67. The van der Waals surface area contributed by atoms with Crippen molar-refractivity contribution < 1.29 is 19.8 Å². The highest BCUT2D eigenvalue weighted by molar-refractivity contribution is 7.99. The highest BCUT2D eigenvalue weighted by Crippen LogP contribution is 1.93. The Hall–Kier alpha value is -0.880. The number of thiol groups is 2. The Morgan fingerprint density at radius 1 is 1.14 bits per heavy atom. The summed E-state index contributed by atoms with van der Waals surface area (Å²) in [7, 11) is 0. The zero-order chi connectivity index (χ0) is 12.1. The summed E-state index contributed by atoms with van der Waals surface area (Å²) in [6.07, 6.45) is 1.67. The molecule has 4 nitrogen and oxygen atoms in total. The molecule has 6 heteroatoms. The van der Waals surface area contributed by atoms with Gasteiger partial charge in [-0.2, -0.15) is 25.3 Å². The van der Waals surface area contributed by atoms with Crippen LogP contribution in [0.15, 0.2) is 25.3 Å². The summed E-state index contributed by atoms with van der Waals surface area (Å²) in [6, 6.07) is 0. The maximum Gasteiger partial charge on any atom is 0.327 e. The molecule has 0 bridgehead atoms. The molecule has 0 amide bonds. The van der Waals surface area contributed by atoms with Crippen molar-refractivity contribution in [3.05, 3.63) is 25.3 Å². The molecular weight excluding hydrogens is 224 g/mol. The fourth-order valence-corrected chi connectivity index (χ4v) is 0. The molecule has 0 aromatic carbocycles. The van der Waals surface area contributed by atoms with Crippen LogP contribution in [0.5, 0.6) is 0 Å². The van der Waals surface area contributed by atoms with Crippen molar-refractivity contribution in [3.8, 4) is 0 Å². The van der Waals surface area contributed by atoms with Gasteiger partial charge in [0, 0.05) is 16.7 Å². The summed E-state index contributed by atoms with van der Waals surface area (Å²) >= 11 is 7.66. The van der Waals surface area contributed by atoms with Crippen LogP contribution in [-0.2, 0) is 9.59 Å². The third kappa shape index (κ3) is 117. The molecule has 82 valence electrons. The standard InChI is InChI=1S/2C3H4O2.C2H6S2/c2*1-2-3(4)5;1-2(3)4/h2*2H,1H2,(H,4,5);2-4H,1H3. The molecule has 2 N–H and O–H groups in total. The van der Waals surface area contributed by atoms with E-state index >= 15 is 0 Å². The van der Waals surface area contributed by atoms with Crippen molar-refractivity contribution in [3.63, 3.8) is 0 Å². The molecular formula is C8H14O4S2. The van der Waals surface area contributed by atoms with Crippen LogP contribution in [0.1, 0.15) is 6.92 Å². The smallest absolute Gasteiger partial charge is 0.327 e. The first-order chi connectivity index (χ1) is 6.27. The van der Waals surface area contributed by atoms with E-state index < -0.39 is 11.9 Å². The Bertz CT molecular complexity index is 169. The van der Waals surface area contributed by atoms with Crippen LogP contribution in [0, 0.1) is 0 Å². The number of aliphatic carboxylic acids is 2. The number of hydrogen-bond acceptors (Lipinski definition) is 4. The molecule has 14 heavy (non-hydrogen) atoms.